The number of hydrogen-bond donors (Lipinski definition) is 1. The molecule has 1 aliphatic heterocycles. The zero-order valence-electron chi connectivity index (χ0n) is 11.7. The Kier molecular flexibility index (Phi) is 4.41. The van der Waals surface area contributed by atoms with Crippen LogP contribution < -0.4 is 4.90 Å². The normalized spacial score (nSPS) is 12.3. The molecule has 0 bridgehead atoms. The van der Waals surface area contributed by atoms with Crippen molar-refractivity contribution in [1.82, 2.24) is 0 Å². The Balaban J connectivity index is 2.48. The van der Waals surface area contributed by atoms with Gasteiger partial charge in [0.05, 0.1) is 6.07 Å². The molecule has 0 saturated heterocycles. The van der Waals surface area contributed by atoms with Gasteiger partial charge in [0.25, 0.3) is 0 Å². The highest BCUT2D eigenvalue weighted by molar-refractivity contribution is 5.83. The van der Waals surface area contributed by atoms with Crippen LogP contribution in [0.15, 0.2) is 24.0 Å². The van der Waals surface area contributed by atoms with Crippen LogP contribution in [0, 0.1) is 24.5 Å². The van der Waals surface area contributed by atoms with E-state index in [2.05, 4.69) is 9.69 Å². The summed E-state index contributed by atoms with van der Waals surface area (Å²) >= 11 is 0. The fraction of sp³-hybridized carbons (Fsp3) is 0.250. The summed E-state index contributed by atoms with van der Waals surface area (Å²) < 4.78 is 0. The maximum Gasteiger partial charge on any atom is 0.537 e. The first-order valence-corrected chi connectivity index (χ1v) is 6.60. The maximum atomic E-state index is 10.9. The Bertz CT molecular complexity index is 759. The van der Waals surface area contributed by atoms with Gasteiger partial charge in [-0.2, -0.15) is 15.0 Å². The molecular formula is C16H12N4O2. The molecule has 1 aromatic carbocycles. The number of benzene rings is 1. The van der Waals surface area contributed by atoms with Crippen molar-refractivity contribution in [2.24, 2.45) is 0 Å². The Hall–Kier alpha value is -3.30. The van der Waals surface area contributed by atoms with E-state index < -0.39 is 5.97 Å². The number of nitrogens with zero attached hydrogens (tertiary/aromatic N) is 4. The molecule has 0 aromatic heterocycles. The summed E-state index contributed by atoms with van der Waals surface area (Å²) in [6.45, 7) is 14.5. The van der Waals surface area contributed by atoms with E-state index in [1.54, 1.807) is 23.1 Å². The highest BCUT2D eigenvalue weighted by Crippen LogP contribution is 2.31. The second-order valence-electron chi connectivity index (χ2n) is 4.80. The lowest BCUT2D eigenvalue weighted by Crippen LogP contribution is -2.34. The number of carbonyl (C=O) groups is 1. The SMILES string of the molecule is [C-]#[N+]C([N+]#[C-])=C(C#N)c1ccc2c(c1)CCCN2CC(=O)O. The summed E-state index contributed by atoms with van der Waals surface area (Å²) in [5, 5.41) is 18.2. The molecule has 0 fully saturated rings. The highest BCUT2D eigenvalue weighted by atomic mass is 16.4. The number of rotatable bonds is 3. The number of nitriles is 1. The summed E-state index contributed by atoms with van der Waals surface area (Å²) in [7, 11) is 0. The molecule has 0 aliphatic carbocycles. The number of anilines is 1. The number of carboxylic acid groups (broad SMARTS) is 1. The topological polar surface area (TPSA) is 73.0 Å². The lowest BCUT2D eigenvalue weighted by molar-refractivity contribution is -0.135. The molecule has 0 radical (unpaired) electrons. The minimum absolute atomic E-state index is 0.0585. The van der Waals surface area contributed by atoms with E-state index in [0.717, 1.165) is 24.1 Å². The van der Waals surface area contributed by atoms with Crippen LogP contribution in [-0.2, 0) is 11.2 Å². The van der Waals surface area contributed by atoms with Crippen molar-refractivity contribution in [3.05, 3.63) is 58.0 Å². The lowest BCUT2D eigenvalue weighted by Gasteiger charge is -2.30. The van der Waals surface area contributed by atoms with Crippen LogP contribution in [0.2, 0.25) is 0 Å². The van der Waals surface area contributed by atoms with Gasteiger partial charge in [-0.3, -0.25) is 4.79 Å². The molecule has 1 aromatic rings. The predicted octanol–water partition coefficient (Wildman–Crippen LogP) is 2.55. The van der Waals surface area contributed by atoms with Crippen LogP contribution in [0.25, 0.3) is 15.3 Å². The molecular weight excluding hydrogens is 280 g/mol. The van der Waals surface area contributed by atoms with Gasteiger partial charge in [-0.25, -0.2) is 0 Å². The largest absolute Gasteiger partial charge is 0.537 e. The van der Waals surface area contributed by atoms with Gasteiger partial charge in [0, 0.05) is 12.2 Å². The van der Waals surface area contributed by atoms with Gasteiger partial charge in [0.2, 0.25) is 0 Å². The molecule has 1 aliphatic rings. The molecule has 0 amide bonds. The van der Waals surface area contributed by atoms with E-state index in [1.165, 1.54) is 0 Å². The van der Waals surface area contributed by atoms with Crippen molar-refractivity contribution in [1.29, 1.82) is 5.26 Å². The first-order valence-electron chi connectivity index (χ1n) is 6.60. The summed E-state index contributed by atoms with van der Waals surface area (Å²) in [4.78, 5) is 18.9. The number of carboxylic acids is 1. The molecule has 22 heavy (non-hydrogen) atoms. The minimum Gasteiger partial charge on any atom is -0.480 e. The van der Waals surface area contributed by atoms with Crippen molar-refractivity contribution in [3.63, 3.8) is 0 Å². The van der Waals surface area contributed by atoms with Crippen molar-refractivity contribution in [3.8, 4) is 6.07 Å². The van der Waals surface area contributed by atoms with E-state index >= 15 is 0 Å². The number of aliphatic carboxylic acids is 1. The Labute approximate surface area is 128 Å². The second-order valence-corrected chi connectivity index (χ2v) is 4.80. The Morgan fingerprint density at radius 1 is 1.41 bits per heavy atom. The summed E-state index contributed by atoms with van der Waals surface area (Å²) in [5.74, 6) is -1.14. The number of fused-ring (bicyclic) bond motifs is 1. The van der Waals surface area contributed by atoms with E-state index in [4.69, 9.17) is 18.3 Å². The van der Waals surface area contributed by atoms with Gasteiger partial charge in [-0.05, 0) is 36.1 Å². The van der Waals surface area contributed by atoms with Gasteiger partial charge in [-0.1, -0.05) is 6.07 Å². The number of allylic oxidation sites excluding steroid dienone is 1. The van der Waals surface area contributed by atoms with E-state index in [0.29, 0.717) is 12.1 Å². The quantitative estimate of drug-likeness (QED) is 0.686. The smallest absolute Gasteiger partial charge is 0.480 e. The van der Waals surface area contributed by atoms with Crippen LogP contribution in [0.3, 0.4) is 0 Å². The average Bonchev–Trinajstić information content (AvgIpc) is 2.51. The van der Waals surface area contributed by atoms with Gasteiger partial charge in [0.1, 0.15) is 19.7 Å². The van der Waals surface area contributed by atoms with Crippen molar-refractivity contribution < 1.29 is 9.90 Å². The zero-order valence-corrected chi connectivity index (χ0v) is 11.7. The highest BCUT2D eigenvalue weighted by Gasteiger charge is 2.22. The maximum absolute atomic E-state index is 10.9. The van der Waals surface area contributed by atoms with Gasteiger partial charge < -0.3 is 10.0 Å². The molecule has 0 atom stereocenters. The zero-order chi connectivity index (χ0) is 16.1. The molecule has 0 unspecified atom stereocenters. The van der Waals surface area contributed by atoms with Crippen molar-refractivity contribution in [2.45, 2.75) is 12.8 Å². The first kappa shape index (κ1) is 15.1. The number of hydrogen-bond acceptors (Lipinski definition) is 3. The molecule has 1 N–H and O–H groups in total. The summed E-state index contributed by atoms with van der Waals surface area (Å²) in [5.41, 5.74) is 2.36. The first-order chi connectivity index (χ1) is 10.6. The van der Waals surface area contributed by atoms with Crippen LogP contribution in [0.5, 0.6) is 0 Å². The third-order valence-corrected chi connectivity index (χ3v) is 3.46. The fourth-order valence-corrected chi connectivity index (χ4v) is 2.54. The minimum atomic E-state index is -0.891. The Morgan fingerprint density at radius 3 is 2.73 bits per heavy atom. The van der Waals surface area contributed by atoms with E-state index in [1.807, 2.05) is 6.07 Å². The Morgan fingerprint density at radius 2 is 2.14 bits per heavy atom. The molecule has 0 spiro atoms. The van der Waals surface area contributed by atoms with Gasteiger partial charge in [-0.15, -0.1) is 0 Å². The van der Waals surface area contributed by atoms with Crippen LogP contribution >= 0.6 is 0 Å². The van der Waals surface area contributed by atoms with E-state index in [-0.39, 0.29) is 17.9 Å². The average molecular weight is 292 g/mol. The summed E-state index contributed by atoms with van der Waals surface area (Å²) in [6, 6.07) is 7.11. The molecule has 6 nitrogen and oxygen atoms in total. The molecule has 108 valence electrons. The molecule has 0 saturated carbocycles. The van der Waals surface area contributed by atoms with E-state index in [9.17, 15) is 10.1 Å². The second kappa shape index (κ2) is 6.43. The monoisotopic (exact) mass is 292 g/mol. The molecule has 1 heterocycles. The number of aryl methyl sites for hydroxylation is 1. The van der Waals surface area contributed by atoms with Crippen molar-refractivity contribution in [2.75, 3.05) is 18.0 Å². The third kappa shape index (κ3) is 2.90. The predicted molar refractivity (Wildman–Crippen MR) is 80.3 cm³/mol. The lowest BCUT2D eigenvalue weighted by atomic mass is 9.96. The molecule has 6 heteroatoms. The fourth-order valence-electron chi connectivity index (χ4n) is 2.54. The molecule has 2 rings (SSSR count). The van der Waals surface area contributed by atoms with Crippen LogP contribution in [-0.4, -0.2) is 24.2 Å². The van der Waals surface area contributed by atoms with Crippen LogP contribution in [0.1, 0.15) is 17.5 Å². The van der Waals surface area contributed by atoms with Gasteiger partial charge >= 0.3 is 11.8 Å². The van der Waals surface area contributed by atoms with Crippen LogP contribution in [0.4, 0.5) is 5.69 Å². The standard InChI is InChI=1S/C16H12N4O2/c1-18-16(19-2)13(9-17)11-5-6-14-12(8-11)4-3-7-20(14)10-15(21)22/h5-6,8H,3-4,7,10H2,(H,21,22). The van der Waals surface area contributed by atoms with Gasteiger partial charge in [0.15, 0.2) is 5.57 Å². The third-order valence-electron chi connectivity index (χ3n) is 3.46. The van der Waals surface area contributed by atoms with Crippen molar-refractivity contribution >= 4 is 17.2 Å². The summed E-state index contributed by atoms with van der Waals surface area (Å²) in [6.07, 6.45) is 1.61.